The van der Waals surface area contributed by atoms with Gasteiger partial charge in [-0.3, -0.25) is 4.79 Å². The number of nitrogens with zero attached hydrogens (tertiary/aromatic N) is 2. The standard InChI is InChI=1S/C18H23N3O/c1-12(2)17-19-8-9-21(17)13(3)18(22)20-16-10-14-6-4-5-7-15(14)11-16/h4-9,12-13,16H,10-11H2,1-3H3,(H,20,22)/t13-/m1/s1. The number of rotatable bonds is 4. The van der Waals surface area contributed by atoms with Crippen LogP contribution in [0.3, 0.4) is 0 Å². The second-order valence-corrected chi connectivity index (χ2v) is 6.41. The number of hydrogen-bond donors (Lipinski definition) is 1. The SMILES string of the molecule is CC(C)c1nccn1[C@H](C)C(=O)NC1Cc2ccccc2C1. The third kappa shape index (κ3) is 2.78. The number of imidazole rings is 1. The number of carbonyl (C=O) groups excluding carboxylic acids is 1. The molecular weight excluding hydrogens is 274 g/mol. The number of nitrogens with one attached hydrogen (secondary N) is 1. The number of amides is 1. The Morgan fingerprint density at radius 2 is 1.86 bits per heavy atom. The number of benzene rings is 1. The lowest BCUT2D eigenvalue weighted by atomic mass is 10.1. The van der Waals surface area contributed by atoms with Gasteiger partial charge in [-0.25, -0.2) is 4.98 Å². The molecule has 1 aromatic heterocycles. The van der Waals surface area contributed by atoms with Gasteiger partial charge in [-0.05, 0) is 30.9 Å². The van der Waals surface area contributed by atoms with E-state index >= 15 is 0 Å². The van der Waals surface area contributed by atoms with Crippen LogP contribution in [0.5, 0.6) is 0 Å². The van der Waals surface area contributed by atoms with Gasteiger partial charge in [-0.1, -0.05) is 38.1 Å². The fourth-order valence-corrected chi connectivity index (χ4v) is 3.21. The predicted octanol–water partition coefficient (Wildman–Crippen LogP) is 2.85. The van der Waals surface area contributed by atoms with E-state index in [1.807, 2.05) is 17.7 Å². The highest BCUT2D eigenvalue weighted by Gasteiger charge is 2.25. The van der Waals surface area contributed by atoms with E-state index in [9.17, 15) is 4.79 Å². The molecule has 0 radical (unpaired) electrons. The molecule has 1 N–H and O–H groups in total. The summed E-state index contributed by atoms with van der Waals surface area (Å²) in [6, 6.07) is 8.40. The van der Waals surface area contributed by atoms with Crippen LogP contribution in [0.2, 0.25) is 0 Å². The number of fused-ring (bicyclic) bond motifs is 1. The molecule has 1 atom stereocenters. The average molecular weight is 297 g/mol. The summed E-state index contributed by atoms with van der Waals surface area (Å²) in [5, 5.41) is 3.19. The van der Waals surface area contributed by atoms with Crippen LogP contribution < -0.4 is 5.32 Å². The third-order valence-electron chi connectivity index (χ3n) is 4.41. The summed E-state index contributed by atoms with van der Waals surface area (Å²) in [5.41, 5.74) is 2.71. The Balaban J connectivity index is 1.67. The second-order valence-electron chi connectivity index (χ2n) is 6.41. The molecule has 2 aromatic rings. The van der Waals surface area contributed by atoms with Crippen molar-refractivity contribution in [2.24, 2.45) is 0 Å². The molecule has 1 aliphatic rings. The summed E-state index contributed by atoms with van der Waals surface area (Å²) in [7, 11) is 0. The van der Waals surface area contributed by atoms with E-state index in [0.717, 1.165) is 18.7 Å². The molecule has 1 heterocycles. The number of aromatic nitrogens is 2. The minimum absolute atomic E-state index is 0.0673. The van der Waals surface area contributed by atoms with Crippen molar-refractivity contribution in [3.8, 4) is 0 Å². The van der Waals surface area contributed by atoms with Gasteiger partial charge in [0.1, 0.15) is 11.9 Å². The molecule has 0 saturated heterocycles. The molecule has 4 nitrogen and oxygen atoms in total. The van der Waals surface area contributed by atoms with Crippen molar-refractivity contribution in [2.45, 2.75) is 51.6 Å². The fourth-order valence-electron chi connectivity index (χ4n) is 3.21. The lowest BCUT2D eigenvalue weighted by Gasteiger charge is -2.20. The molecule has 0 spiro atoms. The minimum Gasteiger partial charge on any atom is -0.351 e. The van der Waals surface area contributed by atoms with Crippen LogP contribution in [-0.2, 0) is 17.6 Å². The first-order chi connectivity index (χ1) is 10.6. The Morgan fingerprint density at radius 1 is 1.23 bits per heavy atom. The molecule has 0 saturated carbocycles. The second kappa shape index (κ2) is 5.95. The maximum absolute atomic E-state index is 12.6. The molecule has 22 heavy (non-hydrogen) atoms. The Hall–Kier alpha value is -2.10. The molecule has 0 fully saturated rings. The van der Waals surface area contributed by atoms with Crippen molar-refractivity contribution in [1.29, 1.82) is 0 Å². The topological polar surface area (TPSA) is 46.9 Å². The van der Waals surface area contributed by atoms with Crippen LogP contribution in [0, 0.1) is 0 Å². The molecule has 3 rings (SSSR count). The lowest BCUT2D eigenvalue weighted by molar-refractivity contribution is -0.124. The maximum Gasteiger partial charge on any atom is 0.243 e. The van der Waals surface area contributed by atoms with E-state index in [2.05, 4.69) is 48.4 Å². The molecule has 0 unspecified atom stereocenters. The van der Waals surface area contributed by atoms with E-state index in [4.69, 9.17) is 0 Å². The van der Waals surface area contributed by atoms with Gasteiger partial charge >= 0.3 is 0 Å². The highest BCUT2D eigenvalue weighted by Crippen LogP contribution is 2.23. The molecule has 116 valence electrons. The van der Waals surface area contributed by atoms with Crippen LogP contribution in [0.1, 0.15) is 49.7 Å². The van der Waals surface area contributed by atoms with Gasteiger partial charge in [-0.2, -0.15) is 0 Å². The Bertz CT molecular complexity index is 649. The first kappa shape index (κ1) is 14.8. The van der Waals surface area contributed by atoms with Crippen LogP contribution in [0.25, 0.3) is 0 Å². The molecular formula is C18H23N3O. The Kier molecular flexibility index (Phi) is 4.01. The lowest BCUT2D eigenvalue weighted by Crippen LogP contribution is -2.39. The van der Waals surface area contributed by atoms with E-state index in [0.29, 0.717) is 5.92 Å². The predicted molar refractivity (Wildman–Crippen MR) is 86.8 cm³/mol. The molecule has 0 aliphatic heterocycles. The summed E-state index contributed by atoms with van der Waals surface area (Å²) in [6.45, 7) is 6.12. The Morgan fingerprint density at radius 3 is 2.45 bits per heavy atom. The van der Waals surface area contributed by atoms with Crippen LogP contribution in [-0.4, -0.2) is 21.5 Å². The maximum atomic E-state index is 12.6. The highest BCUT2D eigenvalue weighted by molar-refractivity contribution is 5.80. The zero-order valence-corrected chi connectivity index (χ0v) is 13.4. The highest BCUT2D eigenvalue weighted by atomic mass is 16.2. The normalized spacial score (nSPS) is 15.8. The van der Waals surface area contributed by atoms with E-state index in [1.165, 1.54) is 11.1 Å². The fraction of sp³-hybridized carbons (Fsp3) is 0.444. The van der Waals surface area contributed by atoms with Crippen molar-refractivity contribution in [3.05, 3.63) is 53.6 Å². The third-order valence-corrected chi connectivity index (χ3v) is 4.41. The zero-order valence-electron chi connectivity index (χ0n) is 13.4. The van der Waals surface area contributed by atoms with Gasteiger partial charge in [0.25, 0.3) is 0 Å². The van der Waals surface area contributed by atoms with E-state index < -0.39 is 0 Å². The largest absolute Gasteiger partial charge is 0.351 e. The monoisotopic (exact) mass is 297 g/mol. The molecule has 1 aliphatic carbocycles. The summed E-state index contributed by atoms with van der Waals surface area (Å²) in [5.74, 6) is 1.33. The van der Waals surface area contributed by atoms with Crippen molar-refractivity contribution < 1.29 is 4.79 Å². The van der Waals surface area contributed by atoms with Crippen LogP contribution in [0.15, 0.2) is 36.7 Å². The van der Waals surface area contributed by atoms with Crippen LogP contribution >= 0.6 is 0 Å². The molecule has 1 aromatic carbocycles. The van der Waals surface area contributed by atoms with Gasteiger partial charge in [0, 0.05) is 24.4 Å². The van der Waals surface area contributed by atoms with E-state index in [-0.39, 0.29) is 18.0 Å². The summed E-state index contributed by atoms with van der Waals surface area (Å²) in [6.07, 6.45) is 5.51. The van der Waals surface area contributed by atoms with Gasteiger partial charge in [0.2, 0.25) is 5.91 Å². The van der Waals surface area contributed by atoms with Crippen molar-refractivity contribution in [2.75, 3.05) is 0 Å². The zero-order chi connectivity index (χ0) is 15.7. The first-order valence-electron chi connectivity index (χ1n) is 7.96. The quantitative estimate of drug-likeness (QED) is 0.943. The van der Waals surface area contributed by atoms with Crippen molar-refractivity contribution in [1.82, 2.24) is 14.9 Å². The average Bonchev–Trinajstić information content (AvgIpc) is 3.12. The van der Waals surface area contributed by atoms with Gasteiger partial charge < -0.3 is 9.88 Å². The Labute approximate surface area is 131 Å². The van der Waals surface area contributed by atoms with Crippen molar-refractivity contribution in [3.63, 3.8) is 0 Å². The van der Waals surface area contributed by atoms with E-state index in [1.54, 1.807) is 6.20 Å². The smallest absolute Gasteiger partial charge is 0.243 e. The number of carbonyl (C=O) groups is 1. The summed E-state index contributed by atoms with van der Waals surface area (Å²) >= 11 is 0. The first-order valence-corrected chi connectivity index (χ1v) is 7.96. The summed E-state index contributed by atoms with van der Waals surface area (Å²) < 4.78 is 1.97. The van der Waals surface area contributed by atoms with Gasteiger partial charge in [0.05, 0.1) is 0 Å². The van der Waals surface area contributed by atoms with Gasteiger partial charge in [-0.15, -0.1) is 0 Å². The summed E-state index contributed by atoms with van der Waals surface area (Å²) in [4.78, 5) is 16.9. The van der Waals surface area contributed by atoms with Gasteiger partial charge in [0.15, 0.2) is 0 Å². The molecule has 1 amide bonds. The molecule has 0 bridgehead atoms. The minimum atomic E-state index is -0.233. The number of hydrogen-bond acceptors (Lipinski definition) is 2. The van der Waals surface area contributed by atoms with Crippen LogP contribution in [0.4, 0.5) is 0 Å². The molecule has 4 heteroatoms. The van der Waals surface area contributed by atoms with Crippen molar-refractivity contribution >= 4 is 5.91 Å².